The summed E-state index contributed by atoms with van der Waals surface area (Å²) >= 11 is 6.26. The van der Waals surface area contributed by atoms with Gasteiger partial charge in [-0.05, 0) is 106 Å². The van der Waals surface area contributed by atoms with Crippen LogP contribution in [0.15, 0.2) is 47.4 Å². The van der Waals surface area contributed by atoms with Crippen LogP contribution in [0.3, 0.4) is 0 Å². The Hall–Kier alpha value is -3.41. The monoisotopic (exact) mass is 634 g/mol. The average molecular weight is 635 g/mol. The molecular formula is C34H43ClN6O4. The number of aryl methyl sites for hydroxylation is 1. The highest BCUT2D eigenvalue weighted by Crippen LogP contribution is 2.35. The molecule has 4 heterocycles. The molecular weight excluding hydrogens is 592 g/mol. The Morgan fingerprint density at radius 1 is 1.11 bits per heavy atom. The number of rotatable bonds is 10. The number of hydrogen-bond donors (Lipinski definition) is 5. The first-order valence-corrected chi connectivity index (χ1v) is 16.3. The molecule has 0 bridgehead atoms. The summed E-state index contributed by atoms with van der Waals surface area (Å²) in [5, 5.41) is 23.7. The second-order valence-corrected chi connectivity index (χ2v) is 12.7. The van der Waals surface area contributed by atoms with Crippen molar-refractivity contribution in [1.29, 1.82) is 0 Å². The third-order valence-electron chi connectivity index (χ3n) is 9.53. The van der Waals surface area contributed by atoms with Crippen LogP contribution in [-0.4, -0.2) is 94.0 Å². The number of aliphatic hydroxyl groups is 2. The number of imidazole rings is 1. The molecule has 1 atom stereocenters. The summed E-state index contributed by atoms with van der Waals surface area (Å²) in [4.78, 5) is 29.2. The number of fused-ring (bicyclic) bond motifs is 1. The average Bonchev–Trinajstić information content (AvgIpc) is 3.48. The third-order valence-corrected chi connectivity index (χ3v) is 9.83. The van der Waals surface area contributed by atoms with Gasteiger partial charge in [0.25, 0.3) is 5.56 Å². The van der Waals surface area contributed by atoms with Gasteiger partial charge in [-0.1, -0.05) is 23.7 Å². The van der Waals surface area contributed by atoms with E-state index >= 15 is 0 Å². The van der Waals surface area contributed by atoms with Crippen molar-refractivity contribution in [3.8, 4) is 17.1 Å². The molecule has 0 unspecified atom stereocenters. The van der Waals surface area contributed by atoms with E-state index in [2.05, 4.69) is 44.1 Å². The van der Waals surface area contributed by atoms with Crippen molar-refractivity contribution in [2.45, 2.75) is 50.7 Å². The minimum absolute atomic E-state index is 0.170. The number of nitrogens with zero attached hydrogens (tertiary/aromatic N) is 3. The Bertz CT molecular complexity index is 1670. The number of aromatic amines is 2. The summed E-state index contributed by atoms with van der Waals surface area (Å²) in [6.07, 6.45) is 5.33. The van der Waals surface area contributed by atoms with E-state index in [4.69, 9.17) is 21.3 Å². The number of H-pyrrole nitrogens is 2. The molecule has 2 aromatic heterocycles. The van der Waals surface area contributed by atoms with Crippen molar-refractivity contribution in [3.05, 3.63) is 74.7 Å². The maximum atomic E-state index is 13.1. The third kappa shape index (κ3) is 6.90. The van der Waals surface area contributed by atoms with Gasteiger partial charge < -0.3 is 40.0 Å². The van der Waals surface area contributed by atoms with E-state index in [0.29, 0.717) is 45.4 Å². The van der Waals surface area contributed by atoms with E-state index in [9.17, 15) is 15.0 Å². The molecule has 0 spiro atoms. The summed E-state index contributed by atoms with van der Waals surface area (Å²) in [6, 6.07) is 12.0. The lowest BCUT2D eigenvalue weighted by Crippen LogP contribution is -2.47. The molecule has 2 fully saturated rings. The van der Waals surface area contributed by atoms with E-state index in [1.165, 1.54) is 18.4 Å². The van der Waals surface area contributed by atoms with E-state index in [0.717, 1.165) is 62.2 Å². The van der Waals surface area contributed by atoms with Gasteiger partial charge in [0.15, 0.2) is 0 Å². The SMILES string of the molecule is COc1ccc([C@H](O)CNc2cc[nH]c(=O)c2-c2nc3c(C)cc(C4CCN(C5CCN(CCO)CC5)CC4)cc3[nH]2)cc1Cl. The van der Waals surface area contributed by atoms with Crippen LogP contribution in [0.4, 0.5) is 5.69 Å². The molecule has 45 heavy (non-hydrogen) atoms. The Labute approximate surface area is 268 Å². The van der Waals surface area contributed by atoms with Crippen LogP contribution in [0.5, 0.6) is 5.75 Å². The van der Waals surface area contributed by atoms with Crippen molar-refractivity contribution >= 4 is 28.3 Å². The number of anilines is 1. The molecule has 2 aliphatic rings. The number of aromatic nitrogens is 3. The molecule has 5 N–H and O–H groups in total. The number of hydrogen-bond acceptors (Lipinski definition) is 8. The predicted molar refractivity (Wildman–Crippen MR) is 178 cm³/mol. The maximum Gasteiger partial charge on any atom is 0.261 e. The predicted octanol–water partition coefficient (Wildman–Crippen LogP) is 4.67. The number of aliphatic hydroxyl groups excluding tert-OH is 2. The smallest absolute Gasteiger partial charge is 0.261 e. The first-order chi connectivity index (χ1) is 21.8. The van der Waals surface area contributed by atoms with Crippen molar-refractivity contribution in [3.63, 3.8) is 0 Å². The number of piperidine rings is 2. The summed E-state index contributed by atoms with van der Waals surface area (Å²) in [5.41, 5.74) is 5.50. The van der Waals surface area contributed by atoms with Gasteiger partial charge in [0, 0.05) is 25.3 Å². The molecule has 2 aliphatic heterocycles. The quantitative estimate of drug-likeness (QED) is 0.170. The first-order valence-electron chi connectivity index (χ1n) is 15.9. The largest absolute Gasteiger partial charge is 0.495 e. The number of pyridine rings is 1. The number of methoxy groups -OCH3 is 1. The van der Waals surface area contributed by atoms with Crippen LogP contribution in [0.25, 0.3) is 22.4 Å². The highest BCUT2D eigenvalue weighted by molar-refractivity contribution is 6.32. The normalized spacial score (nSPS) is 18.0. The summed E-state index contributed by atoms with van der Waals surface area (Å²) < 4.78 is 5.21. The van der Waals surface area contributed by atoms with Crippen molar-refractivity contribution in [2.24, 2.45) is 0 Å². The minimum atomic E-state index is -0.855. The Balaban J connectivity index is 1.16. The van der Waals surface area contributed by atoms with Crippen molar-refractivity contribution in [2.75, 3.05) is 58.3 Å². The Morgan fingerprint density at radius 3 is 2.60 bits per heavy atom. The van der Waals surface area contributed by atoms with E-state index in [-0.39, 0.29) is 18.7 Å². The van der Waals surface area contributed by atoms with Gasteiger partial charge in [-0.25, -0.2) is 4.98 Å². The van der Waals surface area contributed by atoms with Gasteiger partial charge in [-0.3, -0.25) is 4.79 Å². The fourth-order valence-corrected chi connectivity index (χ4v) is 7.26. The molecule has 6 rings (SSSR count). The standard InChI is InChI=1S/C34H43ClN6O4/c1-21-17-24(22-6-13-41(14-7-22)25-8-11-40(12-9-25)15-16-42)19-28-32(21)39-33(38-28)31-27(5-10-36-34(31)44)37-20-29(43)23-3-4-30(45-2)26(35)18-23/h3-5,10,17-19,22,25,29,42-43H,6-9,11-16,20H2,1-2H3,(H,38,39)(H2,36,37,44)/t29-/m1/s1. The molecule has 0 amide bonds. The van der Waals surface area contributed by atoms with Crippen molar-refractivity contribution < 1.29 is 14.9 Å². The zero-order valence-corrected chi connectivity index (χ0v) is 26.7. The van der Waals surface area contributed by atoms with Gasteiger partial charge >= 0.3 is 0 Å². The lowest BCUT2D eigenvalue weighted by Gasteiger charge is -2.41. The summed E-state index contributed by atoms with van der Waals surface area (Å²) in [7, 11) is 1.55. The van der Waals surface area contributed by atoms with Crippen LogP contribution in [0, 0.1) is 6.92 Å². The zero-order chi connectivity index (χ0) is 31.5. The minimum Gasteiger partial charge on any atom is -0.495 e. The number of likely N-dealkylation sites (tertiary alicyclic amines) is 2. The number of β-amino-alcohol motifs (C(OH)–C–C–N with tert-alkyl or cyclic N) is 1. The molecule has 11 heteroatoms. The van der Waals surface area contributed by atoms with Crippen LogP contribution >= 0.6 is 11.6 Å². The second-order valence-electron chi connectivity index (χ2n) is 12.3. The molecule has 10 nitrogen and oxygen atoms in total. The molecule has 240 valence electrons. The van der Waals surface area contributed by atoms with Gasteiger partial charge in [-0.15, -0.1) is 0 Å². The molecule has 4 aromatic rings. The fraction of sp³-hybridized carbons (Fsp3) is 0.471. The second kappa shape index (κ2) is 13.9. The fourth-order valence-electron chi connectivity index (χ4n) is 7.00. The summed E-state index contributed by atoms with van der Waals surface area (Å²) in [5.74, 6) is 1.51. The molecule has 2 saturated heterocycles. The van der Waals surface area contributed by atoms with Crippen LogP contribution in [0.1, 0.15) is 54.4 Å². The Morgan fingerprint density at radius 2 is 1.89 bits per heavy atom. The highest BCUT2D eigenvalue weighted by Gasteiger charge is 2.29. The zero-order valence-electron chi connectivity index (χ0n) is 26.0. The van der Waals surface area contributed by atoms with Crippen molar-refractivity contribution in [1.82, 2.24) is 24.8 Å². The van der Waals surface area contributed by atoms with Gasteiger partial charge in [0.2, 0.25) is 0 Å². The molecule has 0 radical (unpaired) electrons. The lowest BCUT2D eigenvalue weighted by molar-refractivity contribution is 0.0793. The van der Waals surface area contributed by atoms with E-state index < -0.39 is 6.10 Å². The number of benzene rings is 2. The number of nitrogens with one attached hydrogen (secondary N) is 3. The molecule has 0 aliphatic carbocycles. The molecule has 2 aromatic carbocycles. The van der Waals surface area contributed by atoms with Crippen LogP contribution < -0.4 is 15.6 Å². The van der Waals surface area contributed by atoms with E-state index in [1.807, 2.05) is 0 Å². The van der Waals surface area contributed by atoms with Crippen LogP contribution in [-0.2, 0) is 0 Å². The van der Waals surface area contributed by atoms with Gasteiger partial charge in [-0.2, -0.15) is 0 Å². The highest BCUT2D eigenvalue weighted by atomic mass is 35.5. The Kier molecular flexibility index (Phi) is 9.77. The number of ether oxygens (including phenoxy) is 1. The van der Waals surface area contributed by atoms with E-state index in [1.54, 1.807) is 37.6 Å². The molecule has 0 saturated carbocycles. The topological polar surface area (TPSA) is 130 Å². The summed E-state index contributed by atoms with van der Waals surface area (Å²) in [6.45, 7) is 7.62. The first kappa shape index (κ1) is 31.6. The van der Waals surface area contributed by atoms with Gasteiger partial charge in [0.05, 0.1) is 41.6 Å². The van der Waals surface area contributed by atoms with Gasteiger partial charge in [0.1, 0.15) is 17.1 Å². The van der Waals surface area contributed by atoms with Crippen LogP contribution in [0.2, 0.25) is 5.02 Å². The maximum absolute atomic E-state index is 13.1. The number of halogens is 1. The lowest BCUT2D eigenvalue weighted by atomic mass is 9.87.